The van der Waals surface area contributed by atoms with Crippen molar-refractivity contribution >= 4 is 40.7 Å². The maximum Gasteiger partial charge on any atom is 0.269 e. The molecule has 0 bridgehead atoms. The highest BCUT2D eigenvalue weighted by atomic mass is 35.5. The van der Waals surface area contributed by atoms with Crippen molar-refractivity contribution < 1.29 is 19.2 Å². The van der Waals surface area contributed by atoms with Crippen molar-refractivity contribution in [2.24, 2.45) is 0 Å². The Balaban J connectivity index is 1.48. The first-order chi connectivity index (χ1) is 14.4. The SMILES string of the molecule is O=C1/C(=C/c2ccc(Cl)c(Cl)c2)Oc2cc(OCc3ccc([N+](=O)[O-])cc3)ccc21. The van der Waals surface area contributed by atoms with E-state index in [2.05, 4.69) is 0 Å². The van der Waals surface area contributed by atoms with Gasteiger partial charge in [-0.25, -0.2) is 0 Å². The van der Waals surface area contributed by atoms with Gasteiger partial charge in [0.15, 0.2) is 5.76 Å². The maximum absolute atomic E-state index is 12.6. The third-order valence-corrected chi connectivity index (χ3v) is 5.17. The van der Waals surface area contributed by atoms with Gasteiger partial charge in [0, 0.05) is 18.2 Å². The van der Waals surface area contributed by atoms with Crippen molar-refractivity contribution in [3.63, 3.8) is 0 Å². The first-order valence-corrected chi connectivity index (χ1v) is 9.56. The molecule has 0 saturated carbocycles. The van der Waals surface area contributed by atoms with E-state index in [0.717, 1.165) is 5.56 Å². The Hall–Kier alpha value is -3.35. The lowest BCUT2D eigenvalue weighted by molar-refractivity contribution is -0.384. The van der Waals surface area contributed by atoms with Gasteiger partial charge < -0.3 is 9.47 Å². The first kappa shape index (κ1) is 19.9. The molecule has 1 aliphatic heterocycles. The number of nitro benzene ring substituents is 1. The zero-order chi connectivity index (χ0) is 21.3. The number of nitro groups is 1. The summed E-state index contributed by atoms with van der Waals surface area (Å²) in [5, 5.41) is 11.5. The van der Waals surface area contributed by atoms with Crippen LogP contribution in [0.25, 0.3) is 6.08 Å². The van der Waals surface area contributed by atoms with Crippen LogP contribution in [0.15, 0.2) is 66.4 Å². The number of allylic oxidation sites excluding steroid dienone is 1. The zero-order valence-electron chi connectivity index (χ0n) is 15.3. The van der Waals surface area contributed by atoms with Gasteiger partial charge in [-0.05, 0) is 53.6 Å². The molecule has 8 heteroatoms. The Morgan fingerprint density at radius 1 is 1.00 bits per heavy atom. The fraction of sp³-hybridized carbons (Fsp3) is 0.0455. The summed E-state index contributed by atoms with van der Waals surface area (Å²) in [6.07, 6.45) is 1.60. The van der Waals surface area contributed by atoms with E-state index in [-0.39, 0.29) is 23.8 Å². The van der Waals surface area contributed by atoms with Crippen LogP contribution < -0.4 is 9.47 Å². The number of carbonyl (C=O) groups excluding carboxylic acids is 1. The Bertz CT molecular complexity index is 1190. The summed E-state index contributed by atoms with van der Waals surface area (Å²) < 4.78 is 11.4. The van der Waals surface area contributed by atoms with Gasteiger partial charge in [0.2, 0.25) is 5.78 Å². The minimum Gasteiger partial charge on any atom is -0.489 e. The number of fused-ring (bicyclic) bond motifs is 1. The predicted octanol–water partition coefficient (Wildman–Crippen LogP) is 6.10. The molecule has 0 fully saturated rings. The summed E-state index contributed by atoms with van der Waals surface area (Å²) in [7, 11) is 0. The fourth-order valence-corrected chi connectivity index (χ4v) is 3.20. The summed E-state index contributed by atoms with van der Waals surface area (Å²) in [6.45, 7) is 0.219. The number of ether oxygens (including phenoxy) is 2. The van der Waals surface area contributed by atoms with Gasteiger partial charge in [-0.3, -0.25) is 14.9 Å². The van der Waals surface area contributed by atoms with Crippen molar-refractivity contribution in [3.8, 4) is 11.5 Å². The largest absolute Gasteiger partial charge is 0.489 e. The minimum absolute atomic E-state index is 0.0180. The molecule has 0 aromatic heterocycles. The van der Waals surface area contributed by atoms with E-state index in [1.807, 2.05) is 0 Å². The van der Waals surface area contributed by atoms with E-state index >= 15 is 0 Å². The molecule has 1 heterocycles. The fourth-order valence-electron chi connectivity index (χ4n) is 2.89. The molecular formula is C22H13Cl2NO5. The van der Waals surface area contributed by atoms with E-state index < -0.39 is 4.92 Å². The monoisotopic (exact) mass is 441 g/mol. The van der Waals surface area contributed by atoms with E-state index in [4.69, 9.17) is 32.7 Å². The third kappa shape index (κ3) is 4.15. The van der Waals surface area contributed by atoms with Crippen LogP contribution in [-0.4, -0.2) is 10.7 Å². The maximum atomic E-state index is 12.6. The average molecular weight is 442 g/mol. The van der Waals surface area contributed by atoms with Gasteiger partial charge in [-0.15, -0.1) is 0 Å². The van der Waals surface area contributed by atoms with E-state index in [9.17, 15) is 14.9 Å². The van der Waals surface area contributed by atoms with Crippen LogP contribution in [-0.2, 0) is 6.61 Å². The molecule has 3 aromatic rings. The van der Waals surface area contributed by atoms with Crippen LogP contribution >= 0.6 is 23.2 Å². The molecule has 4 rings (SSSR count). The van der Waals surface area contributed by atoms with Crippen molar-refractivity contribution in [1.82, 2.24) is 0 Å². The smallest absolute Gasteiger partial charge is 0.269 e. The number of rotatable bonds is 5. The van der Waals surface area contributed by atoms with Crippen LogP contribution in [0.1, 0.15) is 21.5 Å². The molecule has 0 atom stereocenters. The summed E-state index contributed by atoms with van der Waals surface area (Å²) in [6, 6.07) is 16.1. The number of carbonyl (C=O) groups is 1. The molecule has 0 unspecified atom stereocenters. The summed E-state index contributed by atoms with van der Waals surface area (Å²) in [5.74, 6) is 0.845. The van der Waals surface area contributed by atoms with E-state index in [0.29, 0.717) is 32.7 Å². The van der Waals surface area contributed by atoms with Crippen LogP contribution in [0.3, 0.4) is 0 Å². The highest BCUT2D eigenvalue weighted by Crippen LogP contribution is 2.35. The first-order valence-electron chi connectivity index (χ1n) is 8.80. The van der Waals surface area contributed by atoms with Crippen molar-refractivity contribution in [2.45, 2.75) is 6.61 Å². The predicted molar refractivity (Wildman–Crippen MR) is 113 cm³/mol. The number of hydrogen-bond acceptors (Lipinski definition) is 5. The molecule has 0 radical (unpaired) electrons. The Kier molecular flexibility index (Phi) is 5.44. The molecule has 1 aliphatic rings. The highest BCUT2D eigenvalue weighted by molar-refractivity contribution is 6.42. The average Bonchev–Trinajstić information content (AvgIpc) is 3.04. The van der Waals surface area contributed by atoms with Gasteiger partial charge in [0.25, 0.3) is 5.69 Å². The standard InChI is InChI=1S/C22H13Cl2NO5/c23-18-8-3-14(9-19(18)24)10-21-22(26)17-7-6-16(11-20(17)30-21)29-12-13-1-4-15(5-2-13)25(27)28/h1-11H,12H2/b21-10-. The quantitative estimate of drug-likeness (QED) is 0.271. The van der Waals surface area contributed by atoms with Crippen LogP contribution in [0.4, 0.5) is 5.69 Å². The normalized spacial score (nSPS) is 13.8. The lowest BCUT2D eigenvalue weighted by Gasteiger charge is -2.07. The molecule has 0 amide bonds. The second-order valence-corrected chi connectivity index (χ2v) is 7.30. The number of Topliss-reactive ketones (excluding diaryl/α,β-unsaturated/α-hetero) is 1. The molecular weight excluding hydrogens is 429 g/mol. The zero-order valence-corrected chi connectivity index (χ0v) is 16.8. The third-order valence-electron chi connectivity index (χ3n) is 4.44. The van der Waals surface area contributed by atoms with Gasteiger partial charge in [0.05, 0.1) is 20.5 Å². The van der Waals surface area contributed by atoms with Gasteiger partial charge in [0.1, 0.15) is 18.1 Å². The highest BCUT2D eigenvalue weighted by Gasteiger charge is 2.27. The molecule has 0 saturated heterocycles. The van der Waals surface area contributed by atoms with Crippen molar-refractivity contribution in [1.29, 1.82) is 0 Å². The van der Waals surface area contributed by atoms with Crippen molar-refractivity contribution in [2.75, 3.05) is 0 Å². The molecule has 3 aromatic carbocycles. The lowest BCUT2D eigenvalue weighted by atomic mass is 10.1. The number of halogens is 2. The van der Waals surface area contributed by atoms with E-state index in [1.54, 1.807) is 54.6 Å². The number of nitrogens with zero attached hydrogens (tertiary/aromatic N) is 1. The second-order valence-electron chi connectivity index (χ2n) is 6.48. The summed E-state index contributed by atoms with van der Waals surface area (Å²) in [5.41, 5.74) is 1.92. The van der Waals surface area contributed by atoms with Gasteiger partial charge >= 0.3 is 0 Å². The van der Waals surface area contributed by atoms with Crippen LogP contribution in [0.2, 0.25) is 10.0 Å². The second kappa shape index (κ2) is 8.18. The van der Waals surface area contributed by atoms with Crippen LogP contribution in [0, 0.1) is 10.1 Å². The number of hydrogen-bond donors (Lipinski definition) is 0. The summed E-state index contributed by atoms with van der Waals surface area (Å²) in [4.78, 5) is 22.8. The Morgan fingerprint density at radius 3 is 2.47 bits per heavy atom. The van der Waals surface area contributed by atoms with Gasteiger partial charge in [-0.2, -0.15) is 0 Å². The molecule has 30 heavy (non-hydrogen) atoms. The lowest BCUT2D eigenvalue weighted by Crippen LogP contribution is -1.98. The van der Waals surface area contributed by atoms with E-state index in [1.165, 1.54) is 12.1 Å². The number of non-ortho nitro benzene ring substituents is 1. The molecule has 6 nitrogen and oxygen atoms in total. The molecule has 0 N–H and O–H groups in total. The van der Waals surface area contributed by atoms with Gasteiger partial charge in [-0.1, -0.05) is 29.3 Å². The number of ketones is 1. The molecule has 150 valence electrons. The Morgan fingerprint density at radius 2 is 1.77 bits per heavy atom. The molecule has 0 aliphatic carbocycles. The topological polar surface area (TPSA) is 78.7 Å². The molecule has 0 spiro atoms. The Labute approximate surface area is 181 Å². The van der Waals surface area contributed by atoms with Crippen LogP contribution in [0.5, 0.6) is 11.5 Å². The van der Waals surface area contributed by atoms with Crippen molar-refractivity contribution in [3.05, 3.63) is 103 Å². The number of benzene rings is 3. The minimum atomic E-state index is -0.456. The summed E-state index contributed by atoms with van der Waals surface area (Å²) >= 11 is 11.9.